The molecule has 1 aromatic rings. The summed E-state index contributed by atoms with van der Waals surface area (Å²) < 4.78 is 0. The van der Waals surface area contributed by atoms with Crippen molar-refractivity contribution in [3.05, 3.63) is 40.2 Å². The highest BCUT2D eigenvalue weighted by atomic mass is 79.9. The van der Waals surface area contributed by atoms with Gasteiger partial charge < -0.3 is 5.11 Å². The molecule has 96 valence electrons. The molecule has 18 heavy (non-hydrogen) atoms. The van der Waals surface area contributed by atoms with Gasteiger partial charge in [0.25, 0.3) is 5.69 Å². The lowest BCUT2D eigenvalue weighted by Crippen LogP contribution is -2.29. The van der Waals surface area contributed by atoms with Gasteiger partial charge in [0, 0.05) is 11.0 Å². The van der Waals surface area contributed by atoms with Crippen molar-refractivity contribution in [3.63, 3.8) is 0 Å². The van der Waals surface area contributed by atoms with E-state index in [-0.39, 0.29) is 16.4 Å². The molecule has 1 aromatic heterocycles. The Morgan fingerprint density at radius 3 is 2.94 bits per heavy atom. The largest absolute Gasteiger partial charge is 0.388 e. The van der Waals surface area contributed by atoms with Gasteiger partial charge in [-0.15, -0.1) is 0 Å². The zero-order chi connectivity index (χ0) is 13.3. The number of aliphatic hydroxyl groups is 1. The second-order valence-corrected chi connectivity index (χ2v) is 5.52. The van der Waals surface area contributed by atoms with Crippen LogP contribution in [0.1, 0.15) is 18.9 Å². The van der Waals surface area contributed by atoms with Gasteiger partial charge in [0.15, 0.2) is 0 Å². The van der Waals surface area contributed by atoms with Crippen LogP contribution in [0.15, 0.2) is 24.5 Å². The highest BCUT2D eigenvalue weighted by Crippen LogP contribution is 2.37. The monoisotopic (exact) mass is 312 g/mol. The average Bonchev–Trinajstić information content (AvgIpc) is 2.35. The van der Waals surface area contributed by atoms with Gasteiger partial charge >= 0.3 is 0 Å². The molecular formula is C12H13BrN2O3. The first-order valence-electron chi connectivity index (χ1n) is 5.62. The Kier molecular flexibility index (Phi) is 3.77. The molecule has 3 atom stereocenters. The maximum Gasteiger partial charge on any atom is 0.294 e. The van der Waals surface area contributed by atoms with Crippen molar-refractivity contribution in [2.45, 2.75) is 24.3 Å². The van der Waals surface area contributed by atoms with Gasteiger partial charge in [-0.25, -0.2) is 0 Å². The number of aromatic nitrogens is 1. The van der Waals surface area contributed by atoms with Crippen LogP contribution in [0, 0.1) is 16.0 Å². The van der Waals surface area contributed by atoms with Crippen molar-refractivity contribution in [1.82, 2.24) is 4.98 Å². The average molecular weight is 313 g/mol. The number of allylic oxidation sites excluding steroid dienone is 1. The van der Waals surface area contributed by atoms with Crippen LogP contribution in [0.4, 0.5) is 5.69 Å². The van der Waals surface area contributed by atoms with E-state index in [1.165, 1.54) is 12.4 Å². The minimum atomic E-state index is -0.628. The van der Waals surface area contributed by atoms with E-state index < -0.39 is 11.0 Å². The molecule has 0 fully saturated rings. The molecule has 1 N–H and O–H groups in total. The summed E-state index contributed by atoms with van der Waals surface area (Å²) in [6, 6.07) is 1.62. The second kappa shape index (κ2) is 5.16. The summed E-state index contributed by atoms with van der Waals surface area (Å²) in [4.78, 5) is 14.3. The molecule has 2 rings (SSSR count). The molecule has 6 heteroatoms. The lowest BCUT2D eigenvalue weighted by atomic mass is 9.85. The van der Waals surface area contributed by atoms with Crippen LogP contribution in [-0.4, -0.2) is 25.9 Å². The SMILES string of the molecule is C[C@H]1CC(c2ccncc2[N+](=O)[O-])=C[C@H](O)[C@H]1Br. The van der Waals surface area contributed by atoms with Crippen LogP contribution in [0.2, 0.25) is 0 Å². The first kappa shape index (κ1) is 13.2. The van der Waals surface area contributed by atoms with E-state index in [2.05, 4.69) is 20.9 Å². The maximum atomic E-state index is 11.0. The van der Waals surface area contributed by atoms with Gasteiger partial charge in [-0.2, -0.15) is 0 Å². The quantitative estimate of drug-likeness (QED) is 0.517. The Morgan fingerprint density at radius 2 is 2.33 bits per heavy atom. The van der Waals surface area contributed by atoms with Gasteiger partial charge in [-0.05, 0) is 24.0 Å². The summed E-state index contributed by atoms with van der Waals surface area (Å²) in [6.07, 6.45) is 4.52. The Labute approximate surface area is 113 Å². The summed E-state index contributed by atoms with van der Waals surface area (Å²) >= 11 is 3.43. The van der Waals surface area contributed by atoms with E-state index in [0.717, 1.165) is 5.57 Å². The van der Waals surface area contributed by atoms with Crippen molar-refractivity contribution in [3.8, 4) is 0 Å². The molecule has 0 aliphatic heterocycles. The predicted molar refractivity (Wildman–Crippen MR) is 71.4 cm³/mol. The topological polar surface area (TPSA) is 76.3 Å². The molecule has 1 heterocycles. The molecule has 0 aromatic carbocycles. The van der Waals surface area contributed by atoms with Gasteiger partial charge in [0.2, 0.25) is 0 Å². The molecule has 0 saturated heterocycles. The van der Waals surface area contributed by atoms with Gasteiger partial charge in [0.1, 0.15) is 6.20 Å². The Hall–Kier alpha value is -1.27. The van der Waals surface area contributed by atoms with Crippen LogP contribution < -0.4 is 0 Å². The number of nitro groups is 1. The Bertz CT molecular complexity index is 504. The number of rotatable bonds is 2. The summed E-state index contributed by atoms with van der Waals surface area (Å²) in [5.74, 6) is 0.216. The summed E-state index contributed by atoms with van der Waals surface area (Å²) in [7, 11) is 0. The van der Waals surface area contributed by atoms with Crippen LogP contribution in [-0.2, 0) is 0 Å². The zero-order valence-electron chi connectivity index (χ0n) is 9.78. The number of aliphatic hydroxyl groups excluding tert-OH is 1. The third-order valence-electron chi connectivity index (χ3n) is 3.13. The smallest absolute Gasteiger partial charge is 0.294 e. The number of nitrogens with zero attached hydrogens (tertiary/aromatic N) is 2. The molecule has 0 unspecified atom stereocenters. The normalized spacial score (nSPS) is 27.7. The van der Waals surface area contributed by atoms with E-state index in [1.54, 1.807) is 12.1 Å². The zero-order valence-corrected chi connectivity index (χ0v) is 11.4. The molecular weight excluding hydrogens is 300 g/mol. The lowest BCUT2D eigenvalue weighted by Gasteiger charge is -2.28. The minimum Gasteiger partial charge on any atom is -0.388 e. The van der Waals surface area contributed by atoms with E-state index >= 15 is 0 Å². The van der Waals surface area contributed by atoms with Crippen molar-refractivity contribution in [2.24, 2.45) is 5.92 Å². The summed E-state index contributed by atoms with van der Waals surface area (Å²) in [6.45, 7) is 2.00. The number of alkyl halides is 1. The maximum absolute atomic E-state index is 11.0. The highest BCUT2D eigenvalue weighted by molar-refractivity contribution is 9.09. The molecule has 0 spiro atoms. The number of hydrogen-bond donors (Lipinski definition) is 1. The molecule has 0 bridgehead atoms. The third kappa shape index (κ3) is 2.44. The lowest BCUT2D eigenvalue weighted by molar-refractivity contribution is -0.385. The predicted octanol–water partition coefficient (Wildman–Crippen LogP) is 2.54. The fourth-order valence-electron chi connectivity index (χ4n) is 2.17. The van der Waals surface area contributed by atoms with Gasteiger partial charge in [0.05, 0.1) is 16.6 Å². The molecule has 0 amide bonds. The molecule has 0 radical (unpaired) electrons. The third-order valence-corrected chi connectivity index (χ3v) is 4.57. The molecule has 1 aliphatic rings. The van der Waals surface area contributed by atoms with E-state index in [1.807, 2.05) is 6.92 Å². The first-order valence-corrected chi connectivity index (χ1v) is 6.54. The van der Waals surface area contributed by atoms with Crippen molar-refractivity contribution in [2.75, 3.05) is 0 Å². The Balaban J connectivity index is 2.44. The van der Waals surface area contributed by atoms with Crippen molar-refractivity contribution < 1.29 is 10.0 Å². The van der Waals surface area contributed by atoms with Crippen molar-refractivity contribution >= 4 is 27.2 Å². The van der Waals surface area contributed by atoms with E-state index in [9.17, 15) is 15.2 Å². The Morgan fingerprint density at radius 1 is 1.61 bits per heavy atom. The number of halogens is 1. The van der Waals surface area contributed by atoms with Gasteiger partial charge in [-0.1, -0.05) is 28.9 Å². The first-order chi connectivity index (χ1) is 8.50. The summed E-state index contributed by atoms with van der Waals surface area (Å²) in [5, 5.41) is 20.9. The number of pyridine rings is 1. The molecule has 0 saturated carbocycles. The van der Waals surface area contributed by atoms with E-state index in [4.69, 9.17) is 0 Å². The second-order valence-electron chi connectivity index (χ2n) is 4.46. The van der Waals surface area contributed by atoms with Crippen LogP contribution in [0.25, 0.3) is 5.57 Å². The van der Waals surface area contributed by atoms with Crippen LogP contribution >= 0.6 is 15.9 Å². The van der Waals surface area contributed by atoms with Crippen molar-refractivity contribution in [1.29, 1.82) is 0 Å². The van der Waals surface area contributed by atoms with Gasteiger partial charge in [-0.3, -0.25) is 15.1 Å². The van der Waals surface area contributed by atoms with E-state index in [0.29, 0.717) is 12.0 Å². The highest BCUT2D eigenvalue weighted by Gasteiger charge is 2.29. The minimum absolute atomic E-state index is 0.0119. The molecule has 1 aliphatic carbocycles. The fraction of sp³-hybridized carbons (Fsp3) is 0.417. The fourth-order valence-corrected chi connectivity index (χ4v) is 2.50. The number of hydrogen-bond acceptors (Lipinski definition) is 4. The van der Waals surface area contributed by atoms with Crippen LogP contribution in [0.5, 0.6) is 0 Å². The summed E-state index contributed by atoms with van der Waals surface area (Å²) in [5.41, 5.74) is 1.33. The van der Waals surface area contributed by atoms with Crippen LogP contribution in [0.3, 0.4) is 0 Å². The standard InChI is InChI=1S/C12H13BrN2O3/c1-7-4-8(5-11(16)12(7)13)9-2-3-14-6-10(9)15(17)18/h2-3,5-7,11-12,16H,4H2,1H3/t7-,11-,12-/m0/s1. The molecule has 5 nitrogen and oxygen atoms in total.